The topological polar surface area (TPSA) is 52.6 Å². The molecule has 126 valence electrons. The van der Waals surface area contributed by atoms with E-state index >= 15 is 0 Å². The Morgan fingerprint density at radius 2 is 1.65 bits per heavy atom. The molecule has 0 aromatic heterocycles. The van der Waals surface area contributed by atoms with Crippen molar-refractivity contribution in [3.05, 3.63) is 23.8 Å². The van der Waals surface area contributed by atoms with Crippen LogP contribution in [0.25, 0.3) is 0 Å². The molecule has 2 aliphatic heterocycles. The monoisotopic (exact) mass is 336 g/mol. The molecular weight excluding hydrogens is 312 g/mol. The largest absolute Gasteiger partial charge is 0.497 e. The van der Waals surface area contributed by atoms with Gasteiger partial charge >= 0.3 is 0 Å². The lowest BCUT2D eigenvalue weighted by Gasteiger charge is -2.37. The van der Waals surface area contributed by atoms with Gasteiger partial charge in [0.1, 0.15) is 17.3 Å². The zero-order valence-corrected chi connectivity index (χ0v) is 14.6. The van der Waals surface area contributed by atoms with Crippen molar-refractivity contribution < 1.29 is 18.5 Å². The van der Waals surface area contributed by atoms with E-state index in [2.05, 4.69) is 0 Å². The molecule has 23 heavy (non-hydrogen) atoms. The van der Waals surface area contributed by atoms with E-state index in [1.165, 1.54) is 0 Å². The van der Waals surface area contributed by atoms with Gasteiger partial charge in [-0.2, -0.15) is 0 Å². The highest BCUT2D eigenvalue weighted by Gasteiger charge is 2.40. The van der Waals surface area contributed by atoms with E-state index in [1.807, 2.05) is 18.2 Å². The van der Waals surface area contributed by atoms with Crippen LogP contribution < -0.4 is 9.47 Å². The fourth-order valence-corrected chi connectivity index (χ4v) is 6.00. The number of rotatable bonds is 5. The Balaban J connectivity index is 1.71. The average molecular weight is 336 g/mol. The first-order chi connectivity index (χ1) is 11.1. The van der Waals surface area contributed by atoms with Crippen molar-refractivity contribution in [1.82, 2.24) is 0 Å². The zero-order chi connectivity index (χ0) is 16.4. The summed E-state index contributed by atoms with van der Waals surface area (Å²) in [5.41, 5.74) is 0.919. The first-order valence-corrected chi connectivity index (χ1v) is 9.52. The molecule has 0 aliphatic carbocycles. The van der Waals surface area contributed by atoms with E-state index in [0.717, 1.165) is 37.7 Å². The molecule has 0 saturated carbocycles. The van der Waals surface area contributed by atoms with Crippen molar-refractivity contribution in [3.63, 3.8) is 0 Å². The number of carbonyl (C=O) groups is 1. The highest BCUT2D eigenvalue weighted by Crippen LogP contribution is 2.38. The standard InChI is InChI=1S/C18H24O4S/c1-21-14-6-12(7-15(11-14)22-2)8-18(19)13-9-16-4-3-5-17(10-13)23(16)20/h6-7,11,13,16-17H,3-5,8-10H2,1-2H3. The van der Waals surface area contributed by atoms with Gasteiger partial charge in [-0.25, -0.2) is 0 Å². The average Bonchev–Trinajstić information content (AvgIpc) is 2.54. The zero-order valence-electron chi connectivity index (χ0n) is 13.7. The molecule has 2 saturated heterocycles. The smallest absolute Gasteiger partial charge is 0.140 e. The molecule has 2 aliphatic rings. The van der Waals surface area contributed by atoms with Crippen LogP contribution in [0.5, 0.6) is 11.5 Å². The van der Waals surface area contributed by atoms with Crippen LogP contribution in [0.3, 0.4) is 0 Å². The lowest BCUT2D eigenvalue weighted by Crippen LogP contribution is -2.41. The van der Waals surface area contributed by atoms with Gasteiger partial charge in [-0.1, -0.05) is 6.42 Å². The molecule has 1 aromatic carbocycles. The molecule has 0 spiro atoms. The summed E-state index contributed by atoms with van der Waals surface area (Å²) in [6.07, 6.45) is 5.17. The van der Waals surface area contributed by atoms with E-state index in [0.29, 0.717) is 17.9 Å². The Morgan fingerprint density at radius 3 is 2.17 bits per heavy atom. The lowest BCUT2D eigenvalue weighted by atomic mass is 9.85. The van der Waals surface area contributed by atoms with Crippen LogP contribution in [-0.4, -0.2) is 34.7 Å². The molecule has 0 N–H and O–H groups in total. The predicted octanol–water partition coefficient (Wildman–Crippen LogP) is 2.90. The van der Waals surface area contributed by atoms with Crippen molar-refractivity contribution in [2.45, 2.75) is 49.0 Å². The Labute approximate surface area is 140 Å². The number of hydrogen-bond donors (Lipinski definition) is 0. The van der Waals surface area contributed by atoms with Crippen LogP contribution >= 0.6 is 0 Å². The van der Waals surface area contributed by atoms with Gasteiger partial charge in [-0.3, -0.25) is 9.00 Å². The second-order valence-electron chi connectivity index (χ2n) is 6.54. The van der Waals surface area contributed by atoms with Crippen molar-refractivity contribution >= 4 is 16.6 Å². The molecule has 4 nitrogen and oxygen atoms in total. The Kier molecular flexibility index (Phi) is 5.05. The number of Topliss-reactive ketones (excluding diaryl/α,β-unsaturated/α-hetero) is 1. The summed E-state index contributed by atoms with van der Waals surface area (Å²) in [5.74, 6) is 1.72. The molecule has 2 atom stereocenters. The maximum Gasteiger partial charge on any atom is 0.140 e. The van der Waals surface area contributed by atoms with Crippen LogP contribution in [0.15, 0.2) is 18.2 Å². The number of fused-ring (bicyclic) bond motifs is 2. The number of carbonyl (C=O) groups excluding carboxylic acids is 1. The third kappa shape index (κ3) is 3.60. The first kappa shape index (κ1) is 16.5. The highest BCUT2D eigenvalue weighted by atomic mass is 32.2. The van der Waals surface area contributed by atoms with Crippen molar-refractivity contribution in [3.8, 4) is 11.5 Å². The first-order valence-electron chi connectivity index (χ1n) is 8.24. The number of hydrogen-bond acceptors (Lipinski definition) is 4. The van der Waals surface area contributed by atoms with Crippen LogP contribution in [0.2, 0.25) is 0 Å². The third-order valence-electron chi connectivity index (χ3n) is 5.05. The molecular formula is C18H24O4S. The second-order valence-corrected chi connectivity index (χ2v) is 8.53. The molecule has 5 heteroatoms. The lowest BCUT2D eigenvalue weighted by molar-refractivity contribution is -0.122. The van der Waals surface area contributed by atoms with Crippen LogP contribution in [0.4, 0.5) is 0 Å². The van der Waals surface area contributed by atoms with Gasteiger partial charge in [0.25, 0.3) is 0 Å². The summed E-state index contributed by atoms with van der Waals surface area (Å²) in [6, 6.07) is 5.59. The Morgan fingerprint density at radius 1 is 1.09 bits per heavy atom. The normalized spacial score (nSPS) is 29.8. The molecule has 1 aromatic rings. The fraction of sp³-hybridized carbons (Fsp3) is 0.611. The van der Waals surface area contributed by atoms with Gasteiger partial charge in [0.05, 0.1) is 14.2 Å². The van der Waals surface area contributed by atoms with Gasteiger partial charge in [-0.05, 0) is 43.4 Å². The highest BCUT2D eigenvalue weighted by molar-refractivity contribution is 7.86. The van der Waals surface area contributed by atoms with Gasteiger partial charge in [0, 0.05) is 39.7 Å². The Hall–Kier alpha value is -1.36. The minimum Gasteiger partial charge on any atom is -0.497 e. The van der Waals surface area contributed by atoms with E-state index in [4.69, 9.17) is 9.47 Å². The number of benzene rings is 1. The quantitative estimate of drug-likeness (QED) is 0.830. The van der Waals surface area contributed by atoms with Crippen molar-refractivity contribution in [2.75, 3.05) is 14.2 Å². The van der Waals surface area contributed by atoms with Crippen LogP contribution in [0.1, 0.15) is 37.7 Å². The summed E-state index contributed by atoms with van der Waals surface area (Å²) >= 11 is 0. The van der Waals surface area contributed by atoms with Crippen molar-refractivity contribution in [1.29, 1.82) is 0 Å². The number of ketones is 1. The second kappa shape index (κ2) is 7.04. The van der Waals surface area contributed by atoms with E-state index in [1.54, 1.807) is 14.2 Å². The van der Waals surface area contributed by atoms with Crippen LogP contribution in [0, 0.1) is 5.92 Å². The molecule has 3 rings (SSSR count). The summed E-state index contributed by atoms with van der Waals surface area (Å²) in [6.45, 7) is 0. The summed E-state index contributed by atoms with van der Waals surface area (Å²) < 4.78 is 22.8. The van der Waals surface area contributed by atoms with Gasteiger partial charge in [-0.15, -0.1) is 0 Å². The molecule has 0 amide bonds. The fourth-order valence-electron chi connectivity index (χ4n) is 3.81. The van der Waals surface area contributed by atoms with E-state index < -0.39 is 10.8 Å². The molecule has 2 unspecified atom stereocenters. The number of ether oxygens (including phenoxy) is 2. The summed E-state index contributed by atoms with van der Waals surface area (Å²) in [7, 11) is 2.50. The van der Waals surface area contributed by atoms with Gasteiger partial charge in [0.15, 0.2) is 0 Å². The predicted molar refractivity (Wildman–Crippen MR) is 90.6 cm³/mol. The minimum atomic E-state index is -0.722. The molecule has 0 radical (unpaired) electrons. The third-order valence-corrected chi connectivity index (χ3v) is 7.22. The van der Waals surface area contributed by atoms with Crippen molar-refractivity contribution in [2.24, 2.45) is 5.92 Å². The molecule has 2 fully saturated rings. The molecule has 2 heterocycles. The molecule has 2 bridgehead atoms. The maximum absolute atomic E-state index is 12.7. The summed E-state index contributed by atoms with van der Waals surface area (Å²) in [4.78, 5) is 12.7. The number of methoxy groups -OCH3 is 2. The van der Waals surface area contributed by atoms with E-state index in [9.17, 15) is 9.00 Å². The van der Waals surface area contributed by atoms with Crippen LogP contribution in [-0.2, 0) is 22.0 Å². The maximum atomic E-state index is 12.7. The SMILES string of the molecule is COc1cc(CC(=O)C2CC3CCCC(C2)S3=O)cc(OC)c1. The van der Waals surface area contributed by atoms with Gasteiger partial charge < -0.3 is 9.47 Å². The van der Waals surface area contributed by atoms with E-state index in [-0.39, 0.29) is 22.2 Å². The summed E-state index contributed by atoms with van der Waals surface area (Å²) in [5, 5.41) is 0.465. The minimum absolute atomic E-state index is 0.0557. The Bertz CT molecular complexity index is 575. The van der Waals surface area contributed by atoms with Gasteiger partial charge in [0.2, 0.25) is 0 Å².